The van der Waals surface area contributed by atoms with E-state index in [0.29, 0.717) is 0 Å². The van der Waals surface area contributed by atoms with Crippen LogP contribution in [-0.2, 0) is 0 Å². The topological polar surface area (TPSA) is 28.7 Å². The third-order valence-corrected chi connectivity index (χ3v) is 1.97. The van der Waals surface area contributed by atoms with Crippen LogP contribution in [0.1, 0.15) is 0 Å². The van der Waals surface area contributed by atoms with E-state index in [-0.39, 0.29) is 5.03 Å². The first-order valence-corrected chi connectivity index (χ1v) is 3.76. The number of nitrogens with one attached hydrogen (secondary N) is 1. The molecule has 0 radical (unpaired) electrons. The van der Waals surface area contributed by atoms with E-state index in [2.05, 4.69) is 9.97 Å². The minimum atomic E-state index is -5.55. The number of H-pyrrole nitrogens is 1. The number of halogens is 5. The van der Waals surface area contributed by atoms with Gasteiger partial charge in [0.05, 0.1) is 17.6 Å². The van der Waals surface area contributed by atoms with Crippen LogP contribution in [-0.4, -0.2) is 21.4 Å². The number of aromatic nitrogens is 2. The molecule has 8 heteroatoms. The molecule has 0 spiro atoms. The van der Waals surface area contributed by atoms with Gasteiger partial charge in [-0.1, -0.05) is 0 Å². The normalized spacial score (nSPS) is 13.3. The zero-order chi connectivity index (χ0) is 10.1. The molecule has 0 aliphatic heterocycles. The highest BCUT2D eigenvalue weighted by atomic mass is 32.2. The lowest BCUT2D eigenvalue weighted by molar-refractivity contribution is -0.237. The molecular formula is C5H3F5N2S. The Balaban J connectivity index is 2.73. The summed E-state index contributed by atoms with van der Waals surface area (Å²) in [5.41, 5.74) is 0. The molecule has 13 heavy (non-hydrogen) atoms. The lowest BCUT2D eigenvalue weighted by Gasteiger charge is -2.17. The first-order valence-electron chi connectivity index (χ1n) is 2.95. The second kappa shape index (κ2) is 3.17. The van der Waals surface area contributed by atoms with Crippen molar-refractivity contribution in [2.75, 3.05) is 0 Å². The van der Waals surface area contributed by atoms with Gasteiger partial charge in [-0.3, -0.25) is 0 Å². The molecule has 1 heterocycles. The Kier molecular flexibility index (Phi) is 2.51. The van der Waals surface area contributed by atoms with Crippen LogP contribution in [0.3, 0.4) is 0 Å². The third kappa shape index (κ3) is 2.33. The summed E-state index contributed by atoms with van der Waals surface area (Å²) in [5, 5.41) is -5.12. The Morgan fingerprint density at radius 1 is 1.23 bits per heavy atom. The number of thioether (sulfide) groups is 1. The summed E-state index contributed by atoms with van der Waals surface area (Å²) in [4.78, 5) is 5.45. The van der Waals surface area contributed by atoms with Crippen LogP contribution >= 0.6 is 11.8 Å². The predicted octanol–water partition coefficient (Wildman–Crippen LogP) is 2.66. The van der Waals surface area contributed by atoms with Gasteiger partial charge < -0.3 is 4.98 Å². The van der Waals surface area contributed by atoms with E-state index in [1.54, 1.807) is 0 Å². The van der Waals surface area contributed by atoms with Gasteiger partial charge in [-0.25, -0.2) is 4.98 Å². The highest BCUT2D eigenvalue weighted by molar-refractivity contribution is 8.00. The Hall–Kier alpha value is -0.790. The van der Waals surface area contributed by atoms with Crippen molar-refractivity contribution in [3.05, 3.63) is 12.5 Å². The Morgan fingerprint density at radius 2 is 1.85 bits per heavy atom. The number of nitrogens with zero attached hydrogens (tertiary/aromatic N) is 1. The molecule has 0 amide bonds. The van der Waals surface area contributed by atoms with Crippen LogP contribution in [0.25, 0.3) is 0 Å². The molecule has 0 saturated carbocycles. The van der Waals surface area contributed by atoms with Crippen molar-refractivity contribution in [2.24, 2.45) is 0 Å². The number of rotatable bonds is 2. The summed E-state index contributed by atoms with van der Waals surface area (Å²) in [6, 6.07) is 0. The van der Waals surface area contributed by atoms with Crippen molar-refractivity contribution in [1.82, 2.24) is 9.97 Å². The SMILES string of the molecule is FC(F)(F)C(F)(F)Sc1cnc[nH]1. The highest BCUT2D eigenvalue weighted by Gasteiger charge is 2.58. The van der Waals surface area contributed by atoms with Crippen molar-refractivity contribution >= 4 is 11.8 Å². The summed E-state index contributed by atoms with van der Waals surface area (Å²) < 4.78 is 59.4. The van der Waals surface area contributed by atoms with Gasteiger partial charge in [-0.15, -0.1) is 0 Å². The van der Waals surface area contributed by atoms with E-state index >= 15 is 0 Å². The van der Waals surface area contributed by atoms with Crippen LogP contribution in [0, 0.1) is 0 Å². The smallest absolute Gasteiger partial charge is 0.340 e. The summed E-state index contributed by atoms with van der Waals surface area (Å²) >= 11 is -0.617. The van der Waals surface area contributed by atoms with Gasteiger partial charge in [0.1, 0.15) is 0 Å². The fraction of sp³-hybridized carbons (Fsp3) is 0.400. The molecule has 0 unspecified atom stereocenters. The average molecular weight is 218 g/mol. The molecule has 74 valence electrons. The van der Waals surface area contributed by atoms with E-state index in [9.17, 15) is 22.0 Å². The molecule has 0 aromatic carbocycles. The maximum Gasteiger partial charge on any atom is 0.464 e. The lowest BCUT2D eigenvalue weighted by Crippen LogP contribution is -2.32. The van der Waals surface area contributed by atoms with E-state index in [1.165, 1.54) is 0 Å². The molecule has 1 N–H and O–H groups in total. The third-order valence-electron chi connectivity index (χ3n) is 1.04. The standard InChI is InChI=1S/C5H3F5N2S/c6-4(7,8)5(9,10)13-3-1-11-2-12-3/h1-2H,(H,11,12). The minimum absolute atomic E-state index is 0.331. The predicted molar refractivity (Wildman–Crippen MR) is 35.4 cm³/mol. The fourth-order valence-electron chi connectivity index (χ4n) is 0.495. The van der Waals surface area contributed by atoms with Gasteiger partial charge in [0, 0.05) is 0 Å². The summed E-state index contributed by atoms with van der Waals surface area (Å²) in [7, 11) is 0. The maximum absolute atomic E-state index is 12.3. The molecule has 0 aliphatic carbocycles. The zero-order valence-corrected chi connectivity index (χ0v) is 6.72. The monoisotopic (exact) mass is 218 g/mol. The Labute approximate surface area is 73.5 Å². The molecule has 0 fully saturated rings. The van der Waals surface area contributed by atoms with Gasteiger partial charge in [0.15, 0.2) is 0 Å². The maximum atomic E-state index is 12.3. The molecule has 0 atom stereocenters. The molecule has 1 rings (SSSR count). The van der Waals surface area contributed by atoms with Gasteiger partial charge in [0.25, 0.3) is 0 Å². The molecule has 1 aromatic heterocycles. The molecule has 1 aromatic rings. The molecule has 0 bridgehead atoms. The molecule has 2 nitrogen and oxygen atoms in total. The number of hydrogen-bond acceptors (Lipinski definition) is 2. The van der Waals surface area contributed by atoms with E-state index in [0.717, 1.165) is 12.5 Å². The summed E-state index contributed by atoms with van der Waals surface area (Å²) in [6.07, 6.45) is -3.64. The van der Waals surface area contributed by atoms with E-state index in [1.807, 2.05) is 0 Å². The Bertz CT molecular complexity index is 267. The number of aromatic amines is 1. The second-order valence-electron chi connectivity index (χ2n) is 2.03. The minimum Gasteiger partial charge on any atom is -0.340 e. The van der Waals surface area contributed by atoms with Gasteiger partial charge in [-0.05, 0) is 11.8 Å². The quantitative estimate of drug-likeness (QED) is 0.610. The van der Waals surface area contributed by atoms with Gasteiger partial charge >= 0.3 is 11.4 Å². The second-order valence-corrected chi connectivity index (χ2v) is 3.19. The van der Waals surface area contributed by atoms with Crippen LogP contribution in [0.5, 0.6) is 0 Å². The van der Waals surface area contributed by atoms with Crippen molar-refractivity contribution in [3.8, 4) is 0 Å². The molecule has 0 aliphatic rings. The van der Waals surface area contributed by atoms with Gasteiger partial charge in [-0.2, -0.15) is 22.0 Å². The lowest BCUT2D eigenvalue weighted by atomic mass is 10.7. The first-order chi connectivity index (χ1) is 5.83. The van der Waals surface area contributed by atoms with Crippen LogP contribution in [0.2, 0.25) is 0 Å². The first kappa shape index (κ1) is 10.3. The number of alkyl halides is 5. The highest BCUT2D eigenvalue weighted by Crippen LogP contribution is 2.46. The van der Waals surface area contributed by atoms with Crippen LogP contribution < -0.4 is 0 Å². The van der Waals surface area contributed by atoms with Crippen molar-refractivity contribution < 1.29 is 22.0 Å². The summed E-state index contributed by atoms with van der Waals surface area (Å²) in [5.74, 6) is 0. The van der Waals surface area contributed by atoms with Gasteiger partial charge in [0.2, 0.25) is 0 Å². The summed E-state index contributed by atoms with van der Waals surface area (Å²) in [6.45, 7) is 0. The molecular weight excluding hydrogens is 215 g/mol. The largest absolute Gasteiger partial charge is 0.464 e. The van der Waals surface area contributed by atoms with Crippen molar-refractivity contribution in [3.63, 3.8) is 0 Å². The van der Waals surface area contributed by atoms with E-state index < -0.39 is 23.2 Å². The van der Waals surface area contributed by atoms with Crippen LogP contribution in [0.4, 0.5) is 22.0 Å². The molecule has 0 saturated heterocycles. The average Bonchev–Trinajstić information content (AvgIpc) is 2.35. The van der Waals surface area contributed by atoms with E-state index in [4.69, 9.17) is 0 Å². The number of hydrogen-bond donors (Lipinski definition) is 1. The fourth-order valence-corrected chi connectivity index (χ4v) is 1.11. The van der Waals surface area contributed by atoms with Crippen molar-refractivity contribution in [2.45, 2.75) is 16.5 Å². The zero-order valence-electron chi connectivity index (χ0n) is 5.90. The Morgan fingerprint density at radius 3 is 2.23 bits per heavy atom. The van der Waals surface area contributed by atoms with Crippen LogP contribution in [0.15, 0.2) is 17.6 Å². The van der Waals surface area contributed by atoms with Crippen molar-refractivity contribution in [1.29, 1.82) is 0 Å². The number of imidazole rings is 1.